The molecule has 0 saturated heterocycles. The van der Waals surface area contributed by atoms with Crippen molar-refractivity contribution in [3.8, 4) is 0 Å². The van der Waals surface area contributed by atoms with Gasteiger partial charge in [-0.2, -0.15) is 0 Å². The Morgan fingerprint density at radius 3 is 2.39 bits per heavy atom. The van der Waals surface area contributed by atoms with Crippen molar-refractivity contribution in [2.24, 2.45) is 4.99 Å². The Morgan fingerprint density at radius 2 is 1.89 bits per heavy atom. The number of halogens is 1. The third-order valence-corrected chi connectivity index (χ3v) is 3.03. The molecule has 0 aromatic heterocycles. The molecule has 0 saturated carbocycles. The first-order chi connectivity index (χ1) is 8.01. The lowest BCUT2D eigenvalue weighted by molar-refractivity contribution is 0.507. The third-order valence-electron chi connectivity index (χ3n) is 3.03. The van der Waals surface area contributed by atoms with Gasteiger partial charge in [0.25, 0.3) is 0 Å². The van der Waals surface area contributed by atoms with Gasteiger partial charge in [0.2, 0.25) is 0 Å². The molecule has 0 aliphatic rings. The fourth-order valence-electron chi connectivity index (χ4n) is 2.01. The van der Waals surface area contributed by atoms with Crippen molar-refractivity contribution < 1.29 is 0 Å². The molecule has 4 heteroatoms. The molecule has 102 valence electrons. The molecule has 0 radical (unpaired) electrons. The van der Waals surface area contributed by atoms with Crippen LogP contribution in [-0.2, 0) is 5.41 Å². The van der Waals surface area contributed by atoms with Crippen LogP contribution in [0.1, 0.15) is 25.0 Å². The molecule has 0 fully saturated rings. The van der Waals surface area contributed by atoms with Crippen LogP contribution in [0.4, 0.5) is 0 Å². The minimum absolute atomic E-state index is 0. The van der Waals surface area contributed by atoms with E-state index in [-0.39, 0.29) is 29.4 Å². The Kier molecular flexibility index (Phi) is 7.28. The zero-order valence-corrected chi connectivity index (χ0v) is 14.2. The summed E-state index contributed by atoms with van der Waals surface area (Å²) in [5, 5.41) is 6.35. The van der Waals surface area contributed by atoms with Crippen molar-refractivity contribution in [2.45, 2.75) is 26.2 Å². The maximum absolute atomic E-state index is 4.12. The molecule has 3 nitrogen and oxygen atoms in total. The molecule has 2 N–H and O–H groups in total. The molecular formula is C14H24IN3. The fourth-order valence-corrected chi connectivity index (χ4v) is 2.01. The number of hydrogen-bond acceptors (Lipinski definition) is 1. The van der Waals surface area contributed by atoms with Crippen molar-refractivity contribution >= 4 is 29.9 Å². The van der Waals surface area contributed by atoms with E-state index < -0.39 is 0 Å². The zero-order chi connectivity index (χ0) is 12.9. The lowest BCUT2D eigenvalue weighted by Gasteiger charge is -2.28. The molecule has 0 unspecified atom stereocenters. The number of nitrogens with zero attached hydrogens (tertiary/aromatic N) is 1. The molecule has 0 amide bonds. The molecule has 1 aromatic rings. The van der Waals surface area contributed by atoms with Gasteiger partial charge in [0, 0.05) is 26.1 Å². The second-order valence-corrected chi connectivity index (χ2v) is 4.87. The van der Waals surface area contributed by atoms with Crippen molar-refractivity contribution in [1.82, 2.24) is 10.6 Å². The Labute approximate surface area is 127 Å². The largest absolute Gasteiger partial charge is 0.359 e. The van der Waals surface area contributed by atoms with Gasteiger partial charge < -0.3 is 10.6 Å². The van der Waals surface area contributed by atoms with E-state index in [0.717, 1.165) is 12.5 Å². The van der Waals surface area contributed by atoms with Crippen LogP contribution < -0.4 is 10.6 Å². The van der Waals surface area contributed by atoms with E-state index in [4.69, 9.17) is 0 Å². The van der Waals surface area contributed by atoms with Gasteiger partial charge in [-0.3, -0.25) is 4.99 Å². The van der Waals surface area contributed by atoms with Crippen molar-refractivity contribution in [3.05, 3.63) is 35.4 Å². The molecule has 1 rings (SSSR count). The van der Waals surface area contributed by atoms with Crippen LogP contribution in [0.2, 0.25) is 0 Å². The van der Waals surface area contributed by atoms with E-state index in [1.54, 1.807) is 7.05 Å². The summed E-state index contributed by atoms with van der Waals surface area (Å²) < 4.78 is 0. The standard InChI is InChI=1S/C14H23N3.HI/c1-11-8-6-7-9-12(11)14(2,3)10-17-13(15-4)16-5;/h6-9H,10H2,1-5H3,(H2,15,16,17);1H. The van der Waals surface area contributed by atoms with Crippen molar-refractivity contribution in [2.75, 3.05) is 20.6 Å². The highest BCUT2D eigenvalue weighted by atomic mass is 127. The van der Waals surface area contributed by atoms with Crippen LogP contribution in [0, 0.1) is 6.92 Å². The number of rotatable bonds is 3. The van der Waals surface area contributed by atoms with E-state index in [2.05, 4.69) is 60.7 Å². The van der Waals surface area contributed by atoms with E-state index >= 15 is 0 Å². The summed E-state index contributed by atoms with van der Waals surface area (Å²) in [7, 11) is 3.65. The Balaban J connectivity index is 0.00000289. The molecule has 0 aliphatic carbocycles. The lowest BCUT2D eigenvalue weighted by atomic mass is 9.82. The Bertz CT molecular complexity index is 400. The number of guanidine groups is 1. The maximum Gasteiger partial charge on any atom is 0.190 e. The number of hydrogen-bond donors (Lipinski definition) is 2. The smallest absolute Gasteiger partial charge is 0.190 e. The molecule has 0 bridgehead atoms. The summed E-state index contributed by atoms with van der Waals surface area (Å²) >= 11 is 0. The first-order valence-corrected chi connectivity index (χ1v) is 5.96. The van der Waals surface area contributed by atoms with Crippen LogP contribution in [0.3, 0.4) is 0 Å². The second-order valence-electron chi connectivity index (χ2n) is 4.87. The average Bonchev–Trinajstić information content (AvgIpc) is 2.30. The van der Waals surface area contributed by atoms with E-state index in [9.17, 15) is 0 Å². The molecule has 0 atom stereocenters. The molecule has 0 aliphatic heterocycles. The van der Waals surface area contributed by atoms with Crippen LogP contribution in [0.25, 0.3) is 0 Å². The molecular weight excluding hydrogens is 337 g/mol. The fraction of sp³-hybridized carbons (Fsp3) is 0.500. The summed E-state index contributed by atoms with van der Waals surface area (Å²) in [6.45, 7) is 7.49. The normalized spacial score (nSPS) is 11.7. The average molecular weight is 361 g/mol. The minimum Gasteiger partial charge on any atom is -0.359 e. The molecule has 18 heavy (non-hydrogen) atoms. The first kappa shape index (κ1) is 17.2. The summed E-state index contributed by atoms with van der Waals surface area (Å²) in [5.41, 5.74) is 2.79. The van der Waals surface area contributed by atoms with Crippen LogP contribution in [-0.4, -0.2) is 26.6 Å². The van der Waals surface area contributed by atoms with Crippen molar-refractivity contribution in [1.29, 1.82) is 0 Å². The molecule has 1 aromatic carbocycles. The first-order valence-electron chi connectivity index (χ1n) is 5.96. The second kappa shape index (κ2) is 7.61. The number of aliphatic imine (C=N–C) groups is 1. The predicted molar refractivity (Wildman–Crippen MR) is 90.0 cm³/mol. The summed E-state index contributed by atoms with van der Waals surface area (Å²) in [6.07, 6.45) is 0. The number of nitrogens with one attached hydrogen (secondary N) is 2. The SMILES string of the molecule is CN=C(NC)NCC(C)(C)c1ccccc1C.I. The van der Waals surface area contributed by atoms with Gasteiger partial charge in [-0.1, -0.05) is 38.1 Å². The van der Waals surface area contributed by atoms with Crippen molar-refractivity contribution in [3.63, 3.8) is 0 Å². The van der Waals surface area contributed by atoms with Crippen LogP contribution in [0.5, 0.6) is 0 Å². The summed E-state index contributed by atoms with van der Waals surface area (Å²) in [5.74, 6) is 0.826. The van der Waals surface area contributed by atoms with Crippen LogP contribution >= 0.6 is 24.0 Å². The number of aryl methyl sites for hydroxylation is 1. The third kappa shape index (κ3) is 4.48. The zero-order valence-electron chi connectivity index (χ0n) is 11.9. The number of benzene rings is 1. The van der Waals surface area contributed by atoms with Gasteiger partial charge in [-0.15, -0.1) is 24.0 Å². The van der Waals surface area contributed by atoms with Gasteiger partial charge >= 0.3 is 0 Å². The highest BCUT2D eigenvalue weighted by Gasteiger charge is 2.22. The van der Waals surface area contributed by atoms with Crippen LogP contribution in [0.15, 0.2) is 29.3 Å². The van der Waals surface area contributed by atoms with Gasteiger partial charge in [0.1, 0.15) is 0 Å². The van der Waals surface area contributed by atoms with E-state index in [0.29, 0.717) is 0 Å². The highest BCUT2D eigenvalue weighted by molar-refractivity contribution is 14.0. The monoisotopic (exact) mass is 361 g/mol. The predicted octanol–water partition coefficient (Wildman–Crippen LogP) is 2.69. The Morgan fingerprint density at radius 1 is 1.28 bits per heavy atom. The highest BCUT2D eigenvalue weighted by Crippen LogP contribution is 2.25. The Hall–Kier alpha value is -0.780. The quantitative estimate of drug-likeness (QED) is 0.494. The van der Waals surface area contributed by atoms with Gasteiger partial charge in [-0.05, 0) is 18.1 Å². The summed E-state index contributed by atoms with van der Waals surface area (Å²) in [6, 6.07) is 8.52. The van der Waals surface area contributed by atoms with Gasteiger partial charge in [0.05, 0.1) is 0 Å². The van der Waals surface area contributed by atoms with E-state index in [1.165, 1.54) is 11.1 Å². The topological polar surface area (TPSA) is 36.4 Å². The van der Waals surface area contributed by atoms with Gasteiger partial charge in [0.15, 0.2) is 5.96 Å². The molecule has 0 heterocycles. The lowest BCUT2D eigenvalue weighted by Crippen LogP contribution is -2.42. The minimum atomic E-state index is 0. The van der Waals surface area contributed by atoms with Gasteiger partial charge in [-0.25, -0.2) is 0 Å². The van der Waals surface area contributed by atoms with E-state index in [1.807, 2.05) is 7.05 Å². The molecule has 0 spiro atoms. The summed E-state index contributed by atoms with van der Waals surface area (Å²) in [4.78, 5) is 4.12. The maximum atomic E-state index is 4.12.